The molecule has 0 aromatic heterocycles. The minimum Gasteiger partial charge on any atom is -0.508 e. The number of aryl methyl sites for hydroxylation is 1. The van der Waals surface area contributed by atoms with Crippen LogP contribution in [-0.4, -0.2) is 11.1 Å². The van der Waals surface area contributed by atoms with Crippen LogP contribution in [0.3, 0.4) is 0 Å². The second-order valence-corrected chi connectivity index (χ2v) is 3.55. The molecule has 2 atom stereocenters. The number of nitrogens with two attached hydrogens (primary N) is 1. The first-order valence-electron chi connectivity index (χ1n) is 4.23. The number of aromatic hydroxyl groups is 1. The van der Waals surface area contributed by atoms with E-state index in [4.69, 9.17) is 5.73 Å². The topological polar surface area (TPSA) is 46.2 Å². The zero-order valence-electron chi connectivity index (χ0n) is 7.12. The lowest BCUT2D eigenvalue weighted by molar-refractivity contribution is 0.470. The number of phenols is 1. The summed E-state index contributed by atoms with van der Waals surface area (Å²) >= 11 is 0. The van der Waals surface area contributed by atoms with Crippen molar-refractivity contribution in [1.29, 1.82) is 0 Å². The average Bonchev–Trinajstić information content (AvgIpc) is 2.73. The first-order chi connectivity index (χ1) is 5.68. The molecule has 2 rings (SSSR count). The zero-order chi connectivity index (χ0) is 8.72. The highest BCUT2D eigenvalue weighted by atomic mass is 16.3. The lowest BCUT2D eigenvalue weighted by Crippen LogP contribution is -2.00. The molecule has 1 aromatic carbocycles. The van der Waals surface area contributed by atoms with E-state index in [-0.39, 0.29) is 0 Å². The third-order valence-electron chi connectivity index (χ3n) is 2.50. The van der Waals surface area contributed by atoms with Gasteiger partial charge in [-0.15, -0.1) is 0 Å². The molecule has 64 valence electrons. The molecule has 2 heteroatoms. The average molecular weight is 163 g/mol. The maximum absolute atomic E-state index is 9.42. The third kappa shape index (κ3) is 1.18. The molecule has 1 unspecified atom stereocenters. The normalized spacial score (nSPS) is 27.2. The minimum absolute atomic E-state index is 0.312. The SMILES string of the molecule is Cc1ccc([C@@H]2CC2N)cc1O. The van der Waals surface area contributed by atoms with Gasteiger partial charge in [0.25, 0.3) is 0 Å². The van der Waals surface area contributed by atoms with Crippen LogP contribution in [0.4, 0.5) is 0 Å². The Morgan fingerprint density at radius 3 is 2.67 bits per heavy atom. The molecule has 0 heterocycles. The largest absolute Gasteiger partial charge is 0.508 e. The first-order valence-corrected chi connectivity index (χ1v) is 4.23. The molecule has 0 radical (unpaired) electrons. The van der Waals surface area contributed by atoms with Gasteiger partial charge in [-0.1, -0.05) is 12.1 Å². The van der Waals surface area contributed by atoms with Gasteiger partial charge in [-0.05, 0) is 30.5 Å². The number of rotatable bonds is 1. The Morgan fingerprint density at radius 1 is 1.50 bits per heavy atom. The predicted octanol–water partition coefficient (Wildman–Crippen LogP) is 1.52. The summed E-state index contributed by atoms with van der Waals surface area (Å²) in [4.78, 5) is 0. The van der Waals surface area contributed by atoms with Crippen molar-refractivity contribution in [2.75, 3.05) is 0 Å². The van der Waals surface area contributed by atoms with E-state index in [1.165, 1.54) is 5.56 Å². The van der Waals surface area contributed by atoms with E-state index in [1.54, 1.807) is 0 Å². The summed E-state index contributed by atoms with van der Waals surface area (Å²) < 4.78 is 0. The van der Waals surface area contributed by atoms with E-state index in [2.05, 4.69) is 0 Å². The Labute approximate surface area is 72.0 Å². The molecule has 1 fully saturated rings. The van der Waals surface area contributed by atoms with Crippen molar-refractivity contribution < 1.29 is 5.11 Å². The number of hydrogen-bond donors (Lipinski definition) is 2. The van der Waals surface area contributed by atoms with Crippen molar-refractivity contribution in [2.24, 2.45) is 5.73 Å². The quantitative estimate of drug-likeness (QED) is 0.659. The van der Waals surface area contributed by atoms with Crippen LogP contribution in [0.2, 0.25) is 0 Å². The van der Waals surface area contributed by atoms with Crippen molar-refractivity contribution >= 4 is 0 Å². The van der Waals surface area contributed by atoms with Crippen LogP contribution < -0.4 is 5.73 Å². The van der Waals surface area contributed by atoms with Gasteiger partial charge in [0.2, 0.25) is 0 Å². The van der Waals surface area contributed by atoms with Crippen LogP contribution in [0.5, 0.6) is 5.75 Å². The fourth-order valence-corrected chi connectivity index (χ4v) is 1.45. The third-order valence-corrected chi connectivity index (χ3v) is 2.50. The molecule has 1 saturated carbocycles. The van der Waals surface area contributed by atoms with Gasteiger partial charge in [0.15, 0.2) is 0 Å². The second-order valence-electron chi connectivity index (χ2n) is 3.55. The van der Waals surface area contributed by atoms with Crippen molar-refractivity contribution in [3.05, 3.63) is 29.3 Å². The van der Waals surface area contributed by atoms with E-state index in [9.17, 15) is 5.11 Å². The van der Waals surface area contributed by atoms with Crippen LogP contribution in [0.25, 0.3) is 0 Å². The van der Waals surface area contributed by atoms with Crippen LogP contribution in [0.15, 0.2) is 18.2 Å². The van der Waals surface area contributed by atoms with Gasteiger partial charge in [0, 0.05) is 12.0 Å². The minimum atomic E-state index is 0.312. The predicted molar refractivity (Wildman–Crippen MR) is 48.2 cm³/mol. The summed E-state index contributed by atoms with van der Waals surface area (Å²) in [5.74, 6) is 0.864. The van der Waals surface area contributed by atoms with Crippen molar-refractivity contribution in [2.45, 2.75) is 25.3 Å². The Bertz CT molecular complexity index is 309. The molecule has 1 aliphatic rings. The Kier molecular flexibility index (Phi) is 1.58. The van der Waals surface area contributed by atoms with Gasteiger partial charge in [0.1, 0.15) is 5.75 Å². The fraction of sp³-hybridized carbons (Fsp3) is 0.400. The zero-order valence-corrected chi connectivity index (χ0v) is 7.12. The lowest BCUT2D eigenvalue weighted by atomic mass is 10.1. The van der Waals surface area contributed by atoms with E-state index in [1.807, 2.05) is 25.1 Å². The summed E-state index contributed by atoms with van der Waals surface area (Å²) in [6.45, 7) is 1.89. The standard InChI is InChI=1S/C10H13NO/c1-6-2-3-7(4-10(6)12)8-5-9(8)11/h2-4,8-9,12H,5,11H2,1H3/t8-,9?/m0/s1. The summed E-state index contributed by atoms with van der Waals surface area (Å²) in [7, 11) is 0. The first kappa shape index (κ1) is 7.62. The van der Waals surface area contributed by atoms with Crippen LogP contribution >= 0.6 is 0 Å². The number of phenolic OH excluding ortho intramolecular Hbond substituents is 1. The number of hydrogen-bond acceptors (Lipinski definition) is 2. The van der Waals surface area contributed by atoms with Crippen molar-refractivity contribution in [3.63, 3.8) is 0 Å². The molecule has 1 aromatic rings. The Balaban J connectivity index is 2.29. The lowest BCUT2D eigenvalue weighted by Gasteiger charge is -2.02. The number of benzene rings is 1. The van der Waals surface area contributed by atoms with Gasteiger partial charge in [-0.2, -0.15) is 0 Å². The summed E-state index contributed by atoms with van der Waals surface area (Å²) in [6, 6.07) is 6.13. The Morgan fingerprint density at radius 2 is 2.17 bits per heavy atom. The van der Waals surface area contributed by atoms with Gasteiger partial charge in [0.05, 0.1) is 0 Å². The van der Waals surface area contributed by atoms with Crippen molar-refractivity contribution in [1.82, 2.24) is 0 Å². The molecular weight excluding hydrogens is 150 g/mol. The fourth-order valence-electron chi connectivity index (χ4n) is 1.45. The highest BCUT2D eigenvalue weighted by Gasteiger charge is 2.34. The molecule has 1 aliphatic carbocycles. The van der Waals surface area contributed by atoms with Gasteiger partial charge in [-0.25, -0.2) is 0 Å². The summed E-state index contributed by atoms with van der Waals surface area (Å²) in [5.41, 5.74) is 7.80. The second kappa shape index (κ2) is 2.49. The van der Waals surface area contributed by atoms with Crippen LogP contribution in [-0.2, 0) is 0 Å². The summed E-state index contributed by atoms with van der Waals surface area (Å²) in [5, 5.41) is 9.42. The highest BCUT2D eigenvalue weighted by molar-refractivity contribution is 5.39. The summed E-state index contributed by atoms with van der Waals surface area (Å²) in [6.07, 6.45) is 1.06. The highest BCUT2D eigenvalue weighted by Crippen LogP contribution is 2.40. The van der Waals surface area contributed by atoms with Gasteiger partial charge >= 0.3 is 0 Å². The monoisotopic (exact) mass is 163 g/mol. The van der Waals surface area contributed by atoms with Crippen LogP contribution in [0, 0.1) is 6.92 Å². The van der Waals surface area contributed by atoms with E-state index >= 15 is 0 Å². The van der Waals surface area contributed by atoms with Gasteiger partial charge in [-0.3, -0.25) is 0 Å². The molecule has 0 bridgehead atoms. The van der Waals surface area contributed by atoms with E-state index in [0.29, 0.717) is 17.7 Å². The molecule has 3 N–H and O–H groups in total. The molecule has 0 amide bonds. The Hall–Kier alpha value is -1.02. The molecule has 0 spiro atoms. The molecular formula is C10H13NO. The molecule has 0 aliphatic heterocycles. The molecule has 0 saturated heterocycles. The van der Waals surface area contributed by atoms with Gasteiger partial charge < -0.3 is 10.8 Å². The maximum Gasteiger partial charge on any atom is 0.118 e. The van der Waals surface area contributed by atoms with E-state index in [0.717, 1.165) is 12.0 Å². The molecule has 12 heavy (non-hydrogen) atoms. The van der Waals surface area contributed by atoms with Crippen LogP contribution in [0.1, 0.15) is 23.5 Å². The smallest absolute Gasteiger partial charge is 0.118 e. The van der Waals surface area contributed by atoms with E-state index < -0.39 is 0 Å². The maximum atomic E-state index is 9.42. The van der Waals surface area contributed by atoms with Crippen molar-refractivity contribution in [3.8, 4) is 5.75 Å². The molecule has 2 nitrogen and oxygen atoms in total.